The van der Waals surface area contributed by atoms with E-state index in [0.717, 1.165) is 0 Å². The minimum absolute atomic E-state index is 0.102. The van der Waals surface area contributed by atoms with Gasteiger partial charge in [0, 0.05) is 12.1 Å². The van der Waals surface area contributed by atoms with Gasteiger partial charge in [-0.3, -0.25) is 24.6 Å². The number of halogens is 1. The average molecular weight is 327 g/mol. The molecule has 24 heavy (non-hydrogen) atoms. The van der Waals surface area contributed by atoms with Gasteiger partial charge in [0.2, 0.25) is 5.91 Å². The molecular formula is C17H14FN3O3. The summed E-state index contributed by atoms with van der Waals surface area (Å²) in [5, 5.41) is 7.53. The van der Waals surface area contributed by atoms with Crippen LogP contribution in [0, 0.1) is 5.82 Å². The molecule has 0 radical (unpaired) electrons. The van der Waals surface area contributed by atoms with Crippen molar-refractivity contribution in [3.8, 4) is 0 Å². The third-order valence-corrected chi connectivity index (χ3v) is 3.66. The van der Waals surface area contributed by atoms with Crippen LogP contribution >= 0.6 is 0 Å². The van der Waals surface area contributed by atoms with Crippen molar-refractivity contribution < 1.29 is 9.18 Å². The second-order valence-corrected chi connectivity index (χ2v) is 5.31. The van der Waals surface area contributed by atoms with Crippen molar-refractivity contribution in [3.05, 3.63) is 74.6 Å². The number of hydrogen-bond donors (Lipinski definition) is 3. The highest BCUT2D eigenvalue weighted by molar-refractivity contribution is 5.94. The summed E-state index contributed by atoms with van der Waals surface area (Å²) in [6, 6.07) is 10.7. The van der Waals surface area contributed by atoms with Gasteiger partial charge in [0.25, 0.3) is 11.1 Å². The Morgan fingerprint density at radius 1 is 1.00 bits per heavy atom. The molecule has 0 bridgehead atoms. The number of aryl methyl sites for hydroxylation is 1. The van der Waals surface area contributed by atoms with Crippen LogP contribution in [0.5, 0.6) is 0 Å². The summed E-state index contributed by atoms with van der Waals surface area (Å²) in [6.07, 6.45) is 0.372. The van der Waals surface area contributed by atoms with Crippen molar-refractivity contribution in [2.75, 3.05) is 5.32 Å². The number of carbonyl (C=O) groups excluding carboxylic acids is 1. The van der Waals surface area contributed by atoms with Gasteiger partial charge >= 0.3 is 0 Å². The van der Waals surface area contributed by atoms with E-state index >= 15 is 0 Å². The Hall–Kier alpha value is -3.22. The van der Waals surface area contributed by atoms with Gasteiger partial charge in [-0.15, -0.1) is 0 Å². The molecule has 0 aliphatic heterocycles. The summed E-state index contributed by atoms with van der Waals surface area (Å²) in [7, 11) is 0. The van der Waals surface area contributed by atoms with E-state index in [-0.39, 0.29) is 35.3 Å². The van der Waals surface area contributed by atoms with Crippen LogP contribution in [0.1, 0.15) is 12.0 Å². The van der Waals surface area contributed by atoms with Crippen LogP contribution in [0.25, 0.3) is 10.8 Å². The zero-order valence-corrected chi connectivity index (χ0v) is 12.6. The lowest BCUT2D eigenvalue weighted by molar-refractivity contribution is -0.116. The largest absolute Gasteiger partial charge is 0.326 e. The predicted molar refractivity (Wildman–Crippen MR) is 88.5 cm³/mol. The number of aromatic amines is 2. The first-order chi connectivity index (χ1) is 11.5. The van der Waals surface area contributed by atoms with Crippen molar-refractivity contribution >= 4 is 22.4 Å². The zero-order chi connectivity index (χ0) is 17.1. The molecule has 1 aromatic heterocycles. The Kier molecular flexibility index (Phi) is 4.24. The first-order valence-electron chi connectivity index (χ1n) is 7.32. The van der Waals surface area contributed by atoms with Crippen LogP contribution in [0.15, 0.2) is 52.1 Å². The lowest BCUT2D eigenvalue weighted by atomic mass is 10.1. The fourth-order valence-electron chi connectivity index (χ4n) is 2.43. The van der Waals surface area contributed by atoms with Crippen molar-refractivity contribution in [2.45, 2.75) is 12.8 Å². The van der Waals surface area contributed by atoms with Gasteiger partial charge in [0.05, 0.1) is 10.8 Å². The number of nitrogens with one attached hydrogen (secondary N) is 3. The van der Waals surface area contributed by atoms with Crippen molar-refractivity contribution in [2.24, 2.45) is 0 Å². The molecule has 0 aliphatic rings. The van der Waals surface area contributed by atoms with Crippen molar-refractivity contribution in [1.82, 2.24) is 10.2 Å². The molecular weight excluding hydrogens is 313 g/mol. The number of rotatable bonds is 4. The number of aromatic nitrogens is 2. The van der Waals surface area contributed by atoms with Gasteiger partial charge in [-0.05, 0) is 36.2 Å². The molecule has 0 spiro atoms. The minimum atomic E-state index is -0.452. The fraction of sp³-hybridized carbons (Fsp3) is 0.118. The fourth-order valence-corrected chi connectivity index (χ4v) is 2.43. The Balaban J connectivity index is 1.74. The monoisotopic (exact) mass is 327 g/mol. The molecule has 6 nitrogen and oxygen atoms in total. The summed E-state index contributed by atoms with van der Waals surface area (Å²) in [6.45, 7) is 0. The van der Waals surface area contributed by atoms with Gasteiger partial charge in [0.1, 0.15) is 5.82 Å². The Bertz CT molecular complexity index is 1020. The number of anilines is 1. The Morgan fingerprint density at radius 2 is 1.71 bits per heavy atom. The molecule has 0 saturated heterocycles. The van der Waals surface area contributed by atoms with Gasteiger partial charge in [-0.25, -0.2) is 4.39 Å². The normalized spacial score (nSPS) is 10.7. The molecule has 0 fully saturated rings. The molecule has 0 unspecified atom stereocenters. The lowest BCUT2D eigenvalue weighted by Crippen LogP contribution is -2.19. The van der Waals surface area contributed by atoms with E-state index in [9.17, 15) is 18.8 Å². The molecule has 3 N–H and O–H groups in total. The highest BCUT2D eigenvalue weighted by Crippen LogP contribution is 2.14. The topological polar surface area (TPSA) is 94.8 Å². The number of fused-ring (bicyclic) bond motifs is 1. The lowest BCUT2D eigenvalue weighted by Gasteiger charge is -2.07. The number of amides is 1. The second-order valence-electron chi connectivity index (χ2n) is 5.31. The number of carbonyl (C=O) groups is 1. The van der Waals surface area contributed by atoms with E-state index in [4.69, 9.17) is 0 Å². The van der Waals surface area contributed by atoms with Gasteiger partial charge in [0.15, 0.2) is 0 Å². The summed E-state index contributed by atoms with van der Waals surface area (Å²) in [5.41, 5.74) is 0.000332. The molecule has 1 heterocycles. The minimum Gasteiger partial charge on any atom is -0.326 e. The van der Waals surface area contributed by atoms with Crippen LogP contribution in [0.4, 0.5) is 10.1 Å². The summed E-state index contributed by atoms with van der Waals surface area (Å²) < 4.78 is 13.5. The molecule has 3 aromatic rings. The molecule has 0 aliphatic carbocycles. The number of H-pyrrole nitrogens is 2. The summed E-state index contributed by atoms with van der Waals surface area (Å²) >= 11 is 0. The molecule has 3 rings (SSSR count). The Labute approximate surface area is 135 Å². The smallest absolute Gasteiger partial charge is 0.270 e. The van der Waals surface area contributed by atoms with E-state index in [0.29, 0.717) is 11.3 Å². The maximum atomic E-state index is 13.5. The van der Waals surface area contributed by atoms with E-state index in [2.05, 4.69) is 15.5 Å². The average Bonchev–Trinajstić information content (AvgIpc) is 2.58. The van der Waals surface area contributed by atoms with E-state index in [1.165, 1.54) is 24.3 Å². The van der Waals surface area contributed by atoms with E-state index < -0.39 is 11.1 Å². The van der Waals surface area contributed by atoms with Crippen LogP contribution in [0.3, 0.4) is 0 Å². The highest BCUT2D eigenvalue weighted by Gasteiger charge is 2.08. The number of benzene rings is 2. The summed E-state index contributed by atoms with van der Waals surface area (Å²) in [5.74, 6) is -0.652. The van der Waals surface area contributed by atoms with Crippen LogP contribution < -0.4 is 16.4 Å². The maximum Gasteiger partial charge on any atom is 0.270 e. The standard InChI is InChI=1S/C17H14FN3O3/c18-14-4-2-1-3-10(14)5-8-15(22)19-11-6-7-12-13(9-11)17(24)21-20-16(12)23/h1-4,6-7,9H,5,8H2,(H,19,22)(H,20,23)(H,21,24). The van der Waals surface area contributed by atoms with Crippen molar-refractivity contribution in [1.29, 1.82) is 0 Å². The van der Waals surface area contributed by atoms with E-state index in [1.54, 1.807) is 18.2 Å². The van der Waals surface area contributed by atoms with Crippen LogP contribution in [-0.4, -0.2) is 16.1 Å². The molecule has 7 heteroatoms. The molecule has 1 amide bonds. The van der Waals surface area contributed by atoms with Crippen LogP contribution in [-0.2, 0) is 11.2 Å². The molecule has 2 aromatic carbocycles. The third-order valence-electron chi connectivity index (χ3n) is 3.66. The van der Waals surface area contributed by atoms with Crippen molar-refractivity contribution in [3.63, 3.8) is 0 Å². The second kappa shape index (κ2) is 6.49. The summed E-state index contributed by atoms with van der Waals surface area (Å²) in [4.78, 5) is 35.3. The molecule has 0 saturated carbocycles. The zero-order valence-electron chi connectivity index (χ0n) is 12.6. The van der Waals surface area contributed by atoms with E-state index in [1.807, 2.05) is 0 Å². The van der Waals surface area contributed by atoms with Gasteiger partial charge in [-0.2, -0.15) is 0 Å². The molecule has 0 atom stereocenters. The third kappa shape index (κ3) is 3.24. The highest BCUT2D eigenvalue weighted by atomic mass is 19.1. The van der Waals surface area contributed by atoms with Gasteiger partial charge < -0.3 is 5.32 Å². The predicted octanol–water partition coefficient (Wildman–Crippen LogP) is 1.93. The SMILES string of the molecule is O=C(CCc1ccccc1F)Nc1ccc2c(=O)[nH][nH]c(=O)c2c1. The van der Waals surface area contributed by atoms with Gasteiger partial charge in [-0.1, -0.05) is 18.2 Å². The number of hydrogen-bond acceptors (Lipinski definition) is 3. The first-order valence-corrected chi connectivity index (χ1v) is 7.32. The molecule has 122 valence electrons. The maximum absolute atomic E-state index is 13.5. The van der Waals surface area contributed by atoms with Crippen LogP contribution in [0.2, 0.25) is 0 Å². The quantitative estimate of drug-likeness (QED) is 0.683. The first kappa shape index (κ1) is 15.7. The Morgan fingerprint density at radius 3 is 2.46 bits per heavy atom.